The van der Waals surface area contributed by atoms with Crippen LogP contribution in [-0.2, 0) is 29.1 Å². The predicted molar refractivity (Wildman–Crippen MR) is 172 cm³/mol. The summed E-state index contributed by atoms with van der Waals surface area (Å²) in [5.74, 6) is -0.510. The van der Waals surface area contributed by atoms with Gasteiger partial charge in [0.25, 0.3) is 0 Å². The largest absolute Gasteiger partial charge is 0.506 e. The molecule has 13 heteroatoms. The van der Waals surface area contributed by atoms with Crippen molar-refractivity contribution < 1.29 is 19.5 Å². The number of fused-ring (bicyclic) bond motifs is 2. The summed E-state index contributed by atoms with van der Waals surface area (Å²) in [4.78, 5) is 49.4. The Hall–Kier alpha value is -4.88. The van der Waals surface area contributed by atoms with E-state index in [1.165, 1.54) is 17.4 Å². The molecule has 2 aliphatic rings. The van der Waals surface area contributed by atoms with Gasteiger partial charge in [-0.1, -0.05) is 66.8 Å². The Balaban J connectivity index is 1.32. The number of hydrogen-bond donors (Lipinski definition) is 4. The molecule has 6 N–H and O–H groups in total. The number of urea groups is 1. The Kier molecular flexibility index (Phi) is 8.46. The number of phenolic OH excluding ortho intramolecular Hbond substituents is 1. The summed E-state index contributed by atoms with van der Waals surface area (Å²) in [5, 5.41) is 16.8. The Morgan fingerprint density at radius 2 is 1.89 bits per heavy atom. The highest BCUT2D eigenvalue weighted by Crippen LogP contribution is 2.33. The van der Waals surface area contributed by atoms with Crippen LogP contribution in [0.5, 0.6) is 5.75 Å². The summed E-state index contributed by atoms with van der Waals surface area (Å²) in [6, 6.07) is 19.0. The number of nitrogens with one attached hydrogen (secondary N) is 1. The van der Waals surface area contributed by atoms with Gasteiger partial charge in [0, 0.05) is 26.1 Å². The first kappa shape index (κ1) is 30.2. The zero-order valence-corrected chi connectivity index (χ0v) is 25.7. The number of phenols is 1. The van der Waals surface area contributed by atoms with Gasteiger partial charge in [0.1, 0.15) is 18.0 Å². The second-order valence-corrected chi connectivity index (χ2v) is 12.4. The zero-order chi connectivity index (χ0) is 31.7. The second-order valence-electron chi connectivity index (χ2n) is 11.3. The minimum atomic E-state index is -0.847. The van der Waals surface area contributed by atoms with Crippen LogP contribution in [0.25, 0.3) is 10.2 Å². The number of thiazole rings is 1. The van der Waals surface area contributed by atoms with Gasteiger partial charge in [-0.3, -0.25) is 14.6 Å². The van der Waals surface area contributed by atoms with Crippen LogP contribution >= 0.6 is 11.3 Å². The molecular weight excluding hydrogens is 592 g/mol. The SMILES string of the molecule is CCCN(C(=O)NCc1ccccc1)N1CC(=O)N2[C@@H](Cc3ccc(O)c(N)c3)C(=O)N(Cc3cccc4sc(N)nc34)C[C@@H]21. The fraction of sp³-hybridized carbons (Fsp3) is 0.312. The van der Waals surface area contributed by atoms with Crippen molar-refractivity contribution in [3.8, 4) is 5.75 Å². The number of carbonyl (C=O) groups is 3. The Bertz CT molecular complexity index is 1730. The first-order chi connectivity index (χ1) is 21.7. The van der Waals surface area contributed by atoms with Gasteiger partial charge >= 0.3 is 6.03 Å². The van der Waals surface area contributed by atoms with Gasteiger partial charge in [-0.15, -0.1) is 0 Å². The minimum absolute atomic E-state index is 0.0447. The number of nitrogen functional groups attached to an aromatic ring is 2. The summed E-state index contributed by atoms with van der Waals surface area (Å²) in [7, 11) is 0. The molecule has 0 saturated carbocycles. The molecule has 3 aromatic carbocycles. The van der Waals surface area contributed by atoms with Crippen molar-refractivity contribution in [2.45, 2.75) is 45.1 Å². The van der Waals surface area contributed by atoms with E-state index < -0.39 is 12.2 Å². The van der Waals surface area contributed by atoms with E-state index in [4.69, 9.17) is 11.5 Å². The average Bonchev–Trinajstić information content (AvgIpc) is 3.58. The van der Waals surface area contributed by atoms with Gasteiger partial charge in [0.15, 0.2) is 5.13 Å². The molecule has 3 heterocycles. The highest BCUT2D eigenvalue weighted by molar-refractivity contribution is 7.22. The van der Waals surface area contributed by atoms with Gasteiger partial charge < -0.3 is 31.7 Å². The van der Waals surface area contributed by atoms with E-state index >= 15 is 0 Å². The first-order valence-electron chi connectivity index (χ1n) is 14.9. The number of rotatable bonds is 9. The van der Waals surface area contributed by atoms with Gasteiger partial charge in [0.05, 0.1) is 29.0 Å². The number of hydrazine groups is 1. The quantitative estimate of drug-likeness (QED) is 0.162. The Morgan fingerprint density at radius 3 is 2.64 bits per heavy atom. The molecule has 2 aliphatic heterocycles. The van der Waals surface area contributed by atoms with E-state index in [-0.39, 0.29) is 55.3 Å². The highest BCUT2D eigenvalue weighted by Gasteiger charge is 2.52. The van der Waals surface area contributed by atoms with Crippen LogP contribution < -0.4 is 16.8 Å². The van der Waals surface area contributed by atoms with E-state index in [0.29, 0.717) is 30.2 Å². The fourth-order valence-corrected chi connectivity index (χ4v) is 6.91. The lowest BCUT2D eigenvalue weighted by molar-refractivity contribution is -0.157. The molecule has 12 nitrogen and oxygen atoms in total. The van der Waals surface area contributed by atoms with Gasteiger partial charge in [-0.25, -0.2) is 9.78 Å². The van der Waals surface area contributed by atoms with Crippen LogP contribution in [-0.4, -0.2) is 79.6 Å². The maximum Gasteiger partial charge on any atom is 0.332 e. The zero-order valence-electron chi connectivity index (χ0n) is 24.9. The van der Waals surface area contributed by atoms with Crippen LogP contribution in [0.1, 0.15) is 30.0 Å². The molecule has 45 heavy (non-hydrogen) atoms. The molecule has 2 atom stereocenters. The van der Waals surface area contributed by atoms with Crippen molar-refractivity contribution in [2.24, 2.45) is 0 Å². The molecule has 0 radical (unpaired) electrons. The number of anilines is 2. The van der Waals surface area contributed by atoms with Crippen LogP contribution in [0.4, 0.5) is 15.6 Å². The number of aromatic hydroxyl groups is 1. The van der Waals surface area contributed by atoms with E-state index in [1.807, 2.05) is 55.5 Å². The molecule has 2 saturated heterocycles. The van der Waals surface area contributed by atoms with Crippen molar-refractivity contribution in [1.29, 1.82) is 0 Å². The normalized spacial score (nSPS) is 18.4. The number of benzene rings is 3. The second kappa shape index (κ2) is 12.6. The first-order valence-corrected chi connectivity index (χ1v) is 15.7. The monoisotopic (exact) mass is 628 g/mol. The standard InChI is InChI=1S/C32H36N8O4S/c1-2-13-38(32(44)35-16-20-7-4-3-5-8-20)39-19-28(42)40-24(15-21-11-12-25(41)23(33)14-21)30(43)37(18-27(39)40)17-22-9-6-10-26-29(22)36-31(34)45-26/h3-12,14,24,27,41H,2,13,15-19,33H2,1H3,(H2,34,36)(H,35,44)/t24-,27+/m0/s1. The van der Waals surface area contributed by atoms with E-state index in [1.54, 1.807) is 32.0 Å². The number of aromatic nitrogens is 1. The predicted octanol–water partition coefficient (Wildman–Crippen LogP) is 3.13. The minimum Gasteiger partial charge on any atom is -0.506 e. The van der Waals surface area contributed by atoms with E-state index in [0.717, 1.165) is 21.3 Å². The molecule has 6 rings (SSSR count). The third-order valence-electron chi connectivity index (χ3n) is 8.23. The lowest BCUT2D eigenvalue weighted by Crippen LogP contribution is -2.66. The smallest absolute Gasteiger partial charge is 0.332 e. The third-order valence-corrected chi connectivity index (χ3v) is 9.08. The summed E-state index contributed by atoms with van der Waals surface area (Å²) >= 11 is 1.38. The number of amides is 4. The van der Waals surface area contributed by atoms with Crippen molar-refractivity contribution in [1.82, 2.24) is 30.1 Å². The topological polar surface area (TPSA) is 161 Å². The van der Waals surface area contributed by atoms with Crippen molar-refractivity contribution in [3.63, 3.8) is 0 Å². The molecule has 0 bridgehead atoms. The van der Waals surface area contributed by atoms with Crippen LogP contribution in [0, 0.1) is 0 Å². The number of nitrogens with two attached hydrogens (primary N) is 2. The molecule has 2 fully saturated rings. The number of para-hydroxylation sites is 1. The molecule has 0 spiro atoms. The Morgan fingerprint density at radius 1 is 1.09 bits per heavy atom. The molecule has 1 aromatic heterocycles. The summed E-state index contributed by atoms with van der Waals surface area (Å²) < 4.78 is 0.925. The van der Waals surface area contributed by atoms with Crippen molar-refractivity contribution in [3.05, 3.63) is 83.4 Å². The number of piperazine rings is 1. The maximum absolute atomic E-state index is 14.2. The number of carbonyl (C=O) groups excluding carboxylic acids is 3. The van der Waals surface area contributed by atoms with Crippen LogP contribution in [0.15, 0.2) is 66.7 Å². The van der Waals surface area contributed by atoms with Crippen molar-refractivity contribution >= 4 is 50.2 Å². The third kappa shape index (κ3) is 6.08. The van der Waals surface area contributed by atoms with Crippen LogP contribution in [0.2, 0.25) is 0 Å². The lowest BCUT2D eigenvalue weighted by atomic mass is 9.99. The molecule has 4 amide bonds. The lowest BCUT2D eigenvalue weighted by Gasteiger charge is -2.46. The summed E-state index contributed by atoms with van der Waals surface area (Å²) in [6.07, 6.45) is 0.281. The molecule has 0 aliphatic carbocycles. The number of nitrogens with zero attached hydrogens (tertiary/aromatic N) is 5. The molecular formula is C32H36N8O4S. The van der Waals surface area contributed by atoms with Crippen LogP contribution in [0.3, 0.4) is 0 Å². The van der Waals surface area contributed by atoms with E-state index in [9.17, 15) is 19.5 Å². The molecule has 0 unspecified atom stereocenters. The summed E-state index contributed by atoms with van der Waals surface area (Å²) in [6.45, 7) is 3.11. The number of hydrogen-bond acceptors (Lipinski definition) is 9. The van der Waals surface area contributed by atoms with Gasteiger partial charge in [0.2, 0.25) is 11.8 Å². The summed E-state index contributed by atoms with van der Waals surface area (Å²) in [5.41, 5.74) is 15.4. The van der Waals surface area contributed by atoms with E-state index in [2.05, 4.69) is 10.3 Å². The highest BCUT2D eigenvalue weighted by atomic mass is 32.1. The van der Waals surface area contributed by atoms with Crippen molar-refractivity contribution in [2.75, 3.05) is 31.1 Å². The maximum atomic E-state index is 14.2. The fourth-order valence-electron chi connectivity index (χ4n) is 6.12. The van der Waals surface area contributed by atoms with Gasteiger partial charge in [-0.05, 0) is 41.3 Å². The molecule has 4 aromatic rings. The average molecular weight is 629 g/mol. The van der Waals surface area contributed by atoms with Gasteiger partial charge in [-0.2, -0.15) is 5.01 Å². The Labute approximate surface area is 264 Å². The molecule has 234 valence electrons.